The summed E-state index contributed by atoms with van der Waals surface area (Å²) in [5.74, 6) is 0.668. The average molecular weight is 255 g/mol. The molecule has 0 spiro atoms. The van der Waals surface area contributed by atoms with Gasteiger partial charge in [-0.25, -0.2) is 13.6 Å². The van der Waals surface area contributed by atoms with E-state index in [2.05, 4.69) is 0 Å². The Bertz CT molecular complexity index is 593. The summed E-state index contributed by atoms with van der Waals surface area (Å²) in [6, 6.07) is 4.62. The molecule has 5 nitrogen and oxygen atoms in total. The van der Waals surface area contributed by atoms with Gasteiger partial charge < -0.3 is 9.47 Å². The van der Waals surface area contributed by atoms with Gasteiger partial charge in [0.15, 0.2) is 0 Å². The van der Waals surface area contributed by atoms with Gasteiger partial charge in [0.2, 0.25) is 10.0 Å². The molecule has 0 bridgehead atoms. The van der Waals surface area contributed by atoms with Crippen molar-refractivity contribution in [3.8, 4) is 5.75 Å². The van der Waals surface area contributed by atoms with Crippen LogP contribution in [0, 0.1) is 0 Å². The molecule has 2 aliphatic rings. The van der Waals surface area contributed by atoms with Gasteiger partial charge in [-0.2, -0.15) is 0 Å². The zero-order valence-corrected chi connectivity index (χ0v) is 10.3. The van der Waals surface area contributed by atoms with E-state index in [9.17, 15) is 8.42 Å². The van der Waals surface area contributed by atoms with E-state index < -0.39 is 10.0 Å². The molecule has 1 aromatic rings. The Morgan fingerprint density at radius 3 is 2.71 bits per heavy atom. The van der Waals surface area contributed by atoms with Crippen molar-refractivity contribution in [2.24, 2.45) is 5.14 Å². The fourth-order valence-corrected chi connectivity index (χ4v) is 2.79. The summed E-state index contributed by atoms with van der Waals surface area (Å²) < 4.78 is 33.8. The summed E-state index contributed by atoms with van der Waals surface area (Å²) in [6.07, 6.45) is -0.0822. The first-order valence-electron chi connectivity index (χ1n) is 5.30. The molecule has 0 aromatic heterocycles. The predicted octanol–water partition coefficient (Wildman–Crippen LogP) is 0.945. The molecule has 6 heteroatoms. The number of ether oxygens (including phenoxy) is 2. The number of fused-ring (bicyclic) bond motifs is 3. The number of hydrogen-bond donors (Lipinski definition) is 1. The van der Waals surface area contributed by atoms with Gasteiger partial charge in [0.05, 0.1) is 4.90 Å². The second kappa shape index (κ2) is 3.01. The number of nitrogens with two attached hydrogens (primary N) is 1. The molecule has 2 unspecified atom stereocenters. The van der Waals surface area contributed by atoms with Crippen molar-refractivity contribution < 1.29 is 17.9 Å². The van der Waals surface area contributed by atoms with Crippen LogP contribution < -0.4 is 9.88 Å². The molecule has 3 rings (SSSR count). The molecule has 2 heterocycles. The van der Waals surface area contributed by atoms with E-state index in [1.54, 1.807) is 6.07 Å². The summed E-state index contributed by atoms with van der Waals surface area (Å²) in [4.78, 5) is 0.0915. The van der Waals surface area contributed by atoms with Gasteiger partial charge in [-0.1, -0.05) is 0 Å². The van der Waals surface area contributed by atoms with Gasteiger partial charge in [0.1, 0.15) is 23.6 Å². The third kappa shape index (κ3) is 1.64. The highest BCUT2D eigenvalue weighted by molar-refractivity contribution is 7.89. The Balaban J connectivity index is 2.10. The third-order valence-electron chi connectivity index (χ3n) is 3.17. The molecule has 0 aliphatic carbocycles. The van der Waals surface area contributed by atoms with Crippen LogP contribution in [0.3, 0.4) is 0 Å². The highest BCUT2D eigenvalue weighted by atomic mass is 32.2. The highest BCUT2D eigenvalue weighted by Gasteiger charge is 2.56. The van der Waals surface area contributed by atoms with Crippen molar-refractivity contribution in [1.29, 1.82) is 0 Å². The van der Waals surface area contributed by atoms with Crippen molar-refractivity contribution in [3.05, 3.63) is 23.8 Å². The minimum Gasteiger partial charge on any atom is -0.485 e. The SMILES string of the molecule is CC1(C)Oc2ccc(S(N)(=O)=O)cc2C2OC21. The quantitative estimate of drug-likeness (QED) is 0.757. The van der Waals surface area contributed by atoms with Crippen LogP contribution in [0.1, 0.15) is 25.5 Å². The van der Waals surface area contributed by atoms with Gasteiger partial charge in [0.25, 0.3) is 0 Å². The number of hydrogen-bond acceptors (Lipinski definition) is 4. The Hall–Kier alpha value is -1.11. The molecule has 2 atom stereocenters. The maximum absolute atomic E-state index is 11.3. The first-order valence-corrected chi connectivity index (χ1v) is 6.85. The van der Waals surface area contributed by atoms with Crippen LogP contribution in [-0.2, 0) is 14.8 Å². The predicted molar refractivity (Wildman–Crippen MR) is 60.1 cm³/mol. The van der Waals surface area contributed by atoms with Crippen LogP contribution in [0.15, 0.2) is 23.1 Å². The van der Waals surface area contributed by atoms with Crippen LogP contribution in [0.5, 0.6) is 5.75 Å². The van der Waals surface area contributed by atoms with E-state index >= 15 is 0 Å². The van der Waals surface area contributed by atoms with Crippen molar-refractivity contribution >= 4 is 10.0 Å². The lowest BCUT2D eigenvalue weighted by Crippen LogP contribution is -2.37. The number of sulfonamides is 1. The molecule has 0 saturated carbocycles. The number of rotatable bonds is 1. The number of primary sulfonamides is 1. The fraction of sp³-hybridized carbons (Fsp3) is 0.455. The zero-order valence-electron chi connectivity index (χ0n) is 9.51. The van der Waals surface area contributed by atoms with Crippen LogP contribution in [0.4, 0.5) is 0 Å². The number of epoxide rings is 1. The molecule has 17 heavy (non-hydrogen) atoms. The first kappa shape index (κ1) is 11.0. The zero-order chi connectivity index (χ0) is 12.4. The minimum atomic E-state index is -3.68. The largest absolute Gasteiger partial charge is 0.485 e. The minimum absolute atomic E-state index is 0.00858. The summed E-state index contributed by atoms with van der Waals surface area (Å²) >= 11 is 0. The molecule has 1 aromatic carbocycles. The van der Waals surface area contributed by atoms with Crippen molar-refractivity contribution in [2.45, 2.75) is 36.6 Å². The summed E-state index contributed by atoms with van der Waals surface area (Å²) in [5.41, 5.74) is 0.390. The van der Waals surface area contributed by atoms with Crippen molar-refractivity contribution in [2.75, 3.05) is 0 Å². The standard InChI is InChI=1S/C11H13NO4S/c1-11(2)10-9(15-10)7-5-6(17(12,13)14)3-4-8(7)16-11/h3-5,9-10H,1-2H3,(H2,12,13,14). The first-order chi connectivity index (χ1) is 7.79. The van der Waals surface area contributed by atoms with Gasteiger partial charge >= 0.3 is 0 Å². The van der Waals surface area contributed by atoms with Crippen LogP contribution in [0.2, 0.25) is 0 Å². The smallest absolute Gasteiger partial charge is 0.238 e. The summed E-state index contributed by atoms with van der Waals surface area (Å²) in [5, 5.41) is 5.09. The molecule has 2 N–H and O–H groups in total. The summed E-state index contributed by atoms with van der Waals surface area (Å²) in [7, 11) is -3.68. The summed E-state index contributed by atoms with van der Waals surface area (Å²) in [6.45, 7) is 3.91. The van der Waals surface area contributed by atoms with Gasteiger partial charge in [0, 0.05) is 5.56 Å². The van der Waals surface area contributed by atoms with Gasteiger partial charge in [-0.05, 0) is 32.0 Å². The normalized spacial score (nSPS) is 28.9. The van der Waals surface area contributed by atoms with Crippen LogP contribution in [0.25, 0.3) is 0 Å². The highest BCUT2D eigenvalue weighted by Crippen LogP contribution is 2.53. The molecule has 92 valence electrons. The topological polar surface area (TPSA) is 81.9 Å². The molecular formula is C11H13NO4S. The molecule has 1 saturated heterocycles. The van der Waals surface area contributed by atoms with E-state index in [-0.39, 0.29) is 22.7 Å². The monoisotopic (exact) mass is 255 g/mol. The average Bonchev–Trinajstić information content (AvgIpc) is 2.95. The maximum Gasteiger partial charge on any atom is 0.238 e. The van der Waals surface area contributed by atoms with Gasteiger partial charge in [-0.3, -0.25) is 0 Å². The second-order valence-corrected chi connectivity index (χ2v) is 6.49. The fourth-order valence-electron chi connectivity index (χ4n) is 2.24. The van der Waals surface area contributed by atoms with Crippen LogP contribution >= 0.6 is 0 Å². The lowest BCUT2D eigenvalue weighted by Gasteiger charge is -2.29. The van der Waals surface area contributed by atoms with Crippen molar-refractivity contribution in [1.82, 2.24) is 0 Å². The Kier molecular flexibility index (Phi) is 1.95. The lowest BCUT2D eigenvalue weighted by molar-refractivity contribution is 0.0724. The molecule has 0 radical (unpaired) electrons. The van der Waals surface area contributed by atoms with Gasteiger partial charge in [-0.15, -0.1) is 0 Å². The molecule has 2 aliphatic heterocycles. The van der Waals surface area contributed by atoms with E-state index in [1.165, 1.54) is 12.1 Å². The Morgan fingerprint density at radius 1 is 1.35 bits per heavy atom. The molecule has 0 amide bonds. The third-order valence-corrected chi connectivity index (χ3v) is 4.08. The van der Waals surface area contributed by atoms with E-state index in [0.717, 1.165) is 5.56 Å². The Morgan fingerprint density at radius 2 is 2.06 bits per heavy atom. The maximum atomic E-state index is 11.3. The van der Waals surface area contributed by atoms with E-state index in [4.69, 9.17) is 14.6 Å². The second-order valence-electron chi connectivity index (χ2n) is 4.93. The Labute approximate surface area is 99.6 Å². The molecular weight excluding hydrogens is 242 g/mol. The van der Waals surface area contributed by atoms with Crippen LogP contribution in [-0.4, -0.2) is 20.1 Å². The van der Waals surface area contributed by atoms with Crippen molar-refractivity contribution in [3.63, 3.8) is 0 Å². The van der Waals surface area contributed by atoms with E-state index in [0.29, 0.717) is 5.75 Å². The van der Waals surface area contributed by atoms with E-state index in [1.807, 2.05) is 13.8 Å². The number of benzene rings is 1. The lowest BCUT2D eigenvalue weighted by atomic mass is 9.94. The molecule has 1 fully saturated rings.